The van der Waals surface area contributed by atoms with Crippen molar-refractivity contribution in [3.8, 4) is 0 Å². The highest BCUT2D eigenvalue weighted by atomic mass is 35.5. The summed E-state index contributed by atoms with van der Waals surface area (Å²) in [6, 6.07) is 13.5. The van der Waals surface area contributed by atoms with E-state index in [-0.39, 0.29) is 5.91 Å². The van der Waals surface area contributed by atoms with Gasteiger partial charge in [0.05, 0.1) is 26.2 Å². The Morgan fingerprint density at radius 1 is 1.11 bits per heavy atom. The van der Waals surface area contributed by atoms with Gasteiger partial charge in [-0.3, -0.25) is 4.79 Å². The summed E-state index contributed by atoms with van der Waals surface area (Å²) >= 11 is 11.4. The van der Waals surface area contributed by atoms with Crippen LogP contribution >= 0.6 is 23.8 Å². The van der Waals surface area contributed by atoms with Crippen LogP contribution in [0.5, 0.6) is 0 Å². The second kappa shape index (κ2) is 9.37. The molecule has 1 amide bonds. The summed E-state index contributed by atoms with van der Waals surface area (Å²) in [5.41, 5.74) is 4.13. The molecule has 3 rings (SSSR count). The molecule has 0 spiro atoms. The zero-order chi connectivity index (χ0) is 20.1. The second-order valence-corrected chi connectivity index (χ2v) is 7.97. The fraction of sp³-hybridized carbons (Fsp3) is 0.333. The molecule has 2 aromatic rings. The van der Waals surface area contributed by atoms with Gasteiger partial charge in [-0.25, -0.2) is 0 Å². The van der Waals surface area contributed by atoms with Crippen LogP contribution in [0.3, 0.4) is 0 Å². The first-order valence-electron chi connectivity index (χ1n) is 9.43. The van der Waals surface area contributed by atoms with Crippen LogP contribution in [-0.2, 0) is 4.79 Å². The maximum atomic E-state index is 12.4. The summed E-state index contributed by atoms with van der Waals surface area (Å²) in [7, 11) is 0. The molecule has 1 saturated heterocycles. The largest absolute Gasteiger partial charge is 0.338 e. The number of hydrogen-bond donors (Lipinski definition) is 3. The van der Waals surface area contributed by atoms with Crippen molar-refractivity contribution >= 4 is 46.2 Å². The minimum atomic E-state index is 0.0546. The van der Waals surface area contributed by atoms with Gasteiger partial charge in [0.1, 0.15) is 0 Å². The molecule has 148 valence electrons. The lowest BCUT2D eigenvalue weighted by Gasteiger charge is -2.33. The van der Waals surface area contributed by atoms with E-state index >= 15 is 0 Å². The number of quaternary nitrogens is 1. The highest BCUT2D eigenvalue weighted by molar-refractivity contribution is 7.80. The summed E-state index contributed by atoms with van der Waals surface area (Å²) < 4.78 is 0. The van der Waals surface area contributed by atoms with E-state index in [0.717, 1.165) is 43.1 Å². The van der Waals surface area contributed by atoms with E-state index in [2.05, 4.69) is 28.5 Å². The van der Waals surface area contributed by atoms with Crippen molar-refractivity contribution in [1.29, 1.82) is 0 Å². The Balaban J connectivity index is 1.45. The number of benzene rings is 2. The molecule has 28 heavy (non-hydrogen) atoms. The summed E-state index contributed by atoms with van der Waals surface area (Å²) in [6.45, 7) is 7.96. The van der Waals surface area contributed by atoms with Crippen LogP contribution in [-0.4, -0.2) is 48.6 Å². The standard InChI is InChI=1S/C21H25ClN4OS/c1-15-4-3-5-19(16(15)2)24-20(27)14-25-10-12-26(13-11-25)21(28)23-18-8-6-17(22)7-9-18/h3-9H,10-14H2,1-2H3,(H,23,28)(H,24,27)/p+1. The molecule has 3 N–H and O–H groups in total. The van der Waals surface area contributed by atoms with E-state index in [1.165, 1.54) is 10.5 Å². The Labute approximate surface area is 176 Å². The van der Waals surface area contributed by atoms with Gasteiger partial charge in [0.15, 0.2) is 11.7 Å². The van der Waals surface area contributed by atoms with Crippen molar-refractivity contribution in [3.05, 3.63) is 58.6 Å². The number of piperazine rings is 1. The predicted molar refractivity (Wildman–Crippen MR) is 119 cm³/mol. The average Bonchev–Trinajstić information content (AvgIpc) is 2.68. The minimum Gasteiger partial charge on any atom is -0.338 e. The van der Waals surface area contributed by atoms with Crippen LogP contribution in [0.4, 0.5) is 11.4 Å². The topological polar surface area (TPSA) is 48.8 Å². The summed E-state index contributed by atoms with van der Waals surface area (Å²) in [5, 5.41) is 7.71. The quantitative estimate of drug-likeness (QED) is 0.669. The number of nitrogens with zero attached hydrogens (tertiary/aromatic N) is 1. The number of carbonyl (C=O) groups is 1. The first-order chi connectivity index (χ1) is 13.4. The zero-order valence-corrected chi connectivity index (χ0v) is 17.8. The molecule has 0 aliphatic carbocycles. The van der Waals surface area contributed by atoms with E-state index in [9.17, 15) is 4.79 Å². The van der Waals surface area contributed by atoms with Gasteiger partial charge < -0.3 is 20.4 Å². The van der Waals surface area contributed by atoms with Gasteiger partial charge in [-0.1, -0.05) is 23.7 Å². The number of anilines is 2. The van der Waals surface area contributed by atoms with Crippen LogP contribution in [0.1, 0.15) is 11.1 Å². The Morgan fingerprint density at radius 2 is 1.79 bits per heavy atom. The third-order valence-corrected chi connectivity index (χ3v) is 5.75. The summed E-state index contributed by atoms with van der Waals surface area (Å²) in [4.78, 5) is 15.9. The molecule has 7 heteroatoms. The maximum Gasteiger partial charge on any atom is 0.279 e. The van der Waals surface area contributed by atoms with Gasteiger partial charge in [-0.15, -0.1) is 0 Å². The molecule has 0 aromatic heterocycles. The van der Waals surface area contributed by atoms with Crippen molar-refractivity contribution in [3.63, 3.8) is 0 Å². The minimum absolute atomic E-state index is 0.0546. The number of rotatable bonds is 4. The monoisotopic (exact) mass is 417 g/mol. The number of hydrogen-bond acceptors (Lipinski definition) is 2. The molecule has 0 bridgehead atoms. The number of carbonyl (C=O) groups excluding carboxylic acids is 1. The van der Waals surface area contributed by atoms with Crippen LogP contribution in [0, 0.1) is 13.8 Å². The predicted octanol–water partition coefficient (Wildman–Crippen LogP) is 2.49. The number of aryl methyl sites for hydroxylation is 1. The van der Waals surface area contributed by atoms with E-state index in [1.807, 2.05) is 43.3 Å². The van der Waals surface area contributed by atoms with E-state index in [4.69, 9.17) is 23.8 Å². The molecule has 1 fully saturated rings. The summed E-state index contributed by atoms with van der Waals surface area (Å²) in [6.07, 6.45) is 0. The van der Waals surface area contributed by atoms with Gasteiger partial charge in [0.2, 0.25) is 0 Å². The van der Waals surface area contributed by atoms with Gasteiger partial charge in [-0.2, -0.15) is 0 Å². The highest BCUT2D eigenvalue weighted by Crippen LogP contribution is 2.17. The van der Waals surface area contributed by atoms with Crippen molar-refractivity contribution < 1.29 is 9.69 Å². The van der Waals surface area contributed by atoms with Gasteiger partial charge in [0.25, 0.3) is 5.91 Å². The summed E-state index contributed by atoms with van der Waals surface area (Å²) in [5.74, 6) is 0.0546. The molecule has 1 aliphatic rings. The fourth-order valence-corrected chi connectivity index (χ4v) is 3.67. The Morgan fingerprint density at radius 3 is 2.46 bits per heavy atom. The lowest BCUT2D eigenvalue weighted by Crippen LogP contribution is -3.15. The molecule has 1 heterocycles. The lowest BCUT2D eigenvalue weighted by atomic mass is 10.1. The number of nitrogens with one attached hydrogen (secondary N) is 3. The van der Waals surface area contributed by atoms with E-state index < -0.39 is 0 Å². The van der Waals surface area contributed by atoms with Gasteiger partial charge in [-0.05, 0) is 67.5 Å². The third-order valence-electron chi connectivity index (χ3n) is 5.14. The molecule has 0 atom stereocenters. The third kappa shape index (κ3) is 5.44. The zero-order valence-electron chi connectivity index (χ0n) is 16.2. The molecule has 2 aromatic carbocycles. The van der Waals surface area contributed by atoms with Crippen molar-refractivity contribution in [2.75, 3.05) is 43.4 Å². The van der Waals surface area contributed by atoms with Crippen molar-refractivity contribution in [2.24, 2.45) is 0 Å². The number of thiocarbonyl (C=S) groups is 1. The Bertz CT molecular complexity index is 848. The lowest BCUT2D eigenvalue weighted by molar-refractivity contribution is -0.895. The molecule has 0 saturated carbocycles. The van der Waals surface area contributed by atoms with Crippen molar-refractivity contribution in [2.45, 2.75) is 13.8 Å². The van der Waals surface area contributed by atoms with Crippen LogP contribution in [0.15, 0.2) is 42.5 Å². The highest BCUT2D eigenvalue weighted by Gasteiger charge is 2.24. The molecular weight excluding hydrogens is 392 g/mol. The molecule has 1 aliphatic heterocycles. The first-order valence-corrected chi connectivity index (χ1v) is 10.2. The van der Waals surface area contributed by atoms with Gasteiger partial charge in [0, 0.05) is 16.4 Å². The van der Waals surface area contributed by atoms with Crippen LogP contribution in [0.25, 0.3) is 0 Å². The average molecular weight is 418 g/mol. The second-order valence-electron chi connectivity index (χ2n) is 7.15. The molecule has 0 unspecified atom stereocenters. The molecule has 5 nitrogen and oxygen atoms in total. The normalized spacial score (nSPS) is 14.6. The van der Waals surface area contributed by atoms with Crippen LogP contribution < -0.4 is 15.5 Å². The van der Waals surface area contributed by atoms with E-state index in [1.54, 1.807) is 0 Å². The molecule has 0 radical (unpaired) electrons. The Hall–Kier alpha value is -2.15. The first kappa shape index (κ1) is 20.6. The number of halogens is 1. The van der Waals surface area contributed by atoms with Crippen molar-refractivity contribution in [1.82, 2.24) is 4.90 Å². The fourth-order valence-electron chi connectivity index (χ4n) is 3.25. The van der Waals surface area contributed by atoms with Crippen LogP contribution in [0.2, 0.25) is 5.02 Å². The molecular formula is C21H26ClN4OS+. The van der Waals surface area contributed by atoms with E-state index in [0.29, 0.717) is 16.7 Å². The number of amides is 1. The maximum absolute atomic E-state index is 12.4. The Kier molecular flexibility index (Phi) is 6.88. The van der Waals surface area contributed by atoms with Gasteiger partial charge >= 0.3 is 0 Å². The SMILES string of the molecule is Cc1cccc(NC(=O)C[NH+]2CCN(C(=S)Nc3ccc(Cl)cc3)CC2)c1C. The smallest absolute Gasteiger partial charge is 0.279 e.